The highest BCUT2D eigenvalue weighted by molar-refractivity contribution is 5.73. The van der Waals surface area contributed by atoms with Gasteiger partial charge >= 0.3 is 12.1 Å². The molecule has 1 aromatic heterocycles. The molecule has 4 nitrogen and oxygen atoms in total. The van der Waals surface area contributed by atoms with Crippen LogP contribution in [0.2, 0.25) is 0 Å². The zero-order valence-electron chi connectivity index (χ0n) is 12.2. The van der Waals surface area contributed by atoms with Gasteiger partial charge in [-0.05, 0) is 18.6 Å². The Hall–Kier alpha value is -2.57. The normalized spacial score (nSPS) is 12.7. The first-order valence-corrected chi connectivity index (χ1v) is 6.79. The second-order valence-corrected chi connectivity index (χ2v) is 4.93. The molecule has 0 fully saturated rings. The topological polar surface area (TPSA) is 48.3 Å². The summed E-state index contributed by atoms with van der Waals surface area (Å²) in [6.07, 6.45) is -3.97. The molecule has 2 aromatic rings. The Morgan fingerprint density at radius 2 is 1.83 bits per heavy atom. The van der Waals surface area contributed by atoms with Crippen LogP contribution < -0.4 is 5.56 Å². The van der Waals surface area contributed by atoms with E-state index in [1.165, 1.54) is 6.92 Å². The minimum absolute atomic E-state index is 0.0161. The molecule has 1 heterocycles. The van der Waals surface area contributed by atoms with Crippen molar-refractivity contribution in [3.8, 4) is 0 Å². The van der Waals surface area contributed by atoms with Crippen molar-refractivity contribution in [1.29, 1.82) is 0 Å². The highest BCUT2D eigenvalue weighted by Gasteiger charge is 2.32. The number of benzene rings is 1. The van der Waals surface area contributed by atoms with E-state index in [9.17, 15) is 22.8 Å². The summed E-state index contributed by atoms with van der Waals surface area (Å²) in [6, 6.07) is 9.13. The molecule has 0 radical (unpaired) electrons. The fourth-order valence-electron chi connectivity index (χ4n) is 1.94. The number of alkyl halides is 3. The predicted octanol–water partition coefficient (Wildman–Crippen LogP) is 3.17. The van der Waals surface area contributed by atoms with Crippen LogP contribution in [0.25, 0.3) is 0 Å². The van der Waals surface area contributed by atoms with Gasteiger partial charge in [0, 0.05) is 12.3 Å². The first kappa shape index (κ1) is 16.8. The number of ether oxygens (including phenoxy) is 1. The van der Waals surface area contributed by atoms with Gasteiger partial charge in [-0.15, -0.1) is 0 Å². The van der Waals surface area contributed by atoms with Gasteiger partial charge in [0.2, 0.25) is 0 Å². The number of halogens is 3. The number of rotatable bonds is 4. The third-order valence-corrected chi connectivity index (χ3v) is 3.25. The molecule has 122 valence electrons. The molecule has 1 aromatic carbocycles. The zero-order valence-corrected chi connectivity index (χ0v) is 12.2. The number of carbonyl (C=O) groups is 1. The van der Waals surface area contributed by atoms with E-state index in [0.29, 0.717) is 12.3 Å². The lowest BCUT2D eigenvalue weighted by molar-refractivity contribution is -0.149. The van der Waals surface area contributed by atoms with Gasteiger partial charge in [0.25, 0.3) is 5.56 Å². The summed E-state index contributed by atoms with van der Waals surface area (Å²) in [5.74, 6) is -0.782. The largest absolute Gasteiger partial charge is 0.459 e. The van der Waals surface area contributed by atoms with Gasteiger partial charge in [0.15, 0.2) is 0 Å². The molecular weight excluding hydrogens is 311 g/mol. The number of aromatic nitrogens is 1. The van der Waals surface area contributed by atoms with Crippen molar-refractivity contribution in [3.63, 3.8) is 0 Å². The second kappa shape index (κ2) is 6.68. The molecule has 0 amide bonds. The average molecular weight is 325 g/mol. The first-order chi connectivity index (χ1) is 10.8. The summed E-state index contributed by atoms with van der Waals surface area (Å²) >= 11 is 0. The summed E-state index contributed by atoms with van der Waals surface area (Å²) in [5.41, 5.74) is -0.966. The first-order valence-electron chi connectivity index (χ1n) is 6.79. The van der Waals surface area contributed by atoms with Crippen molar-refractivity contribution in [2.45, 2.75) is 25.7 Å². The van der Waals surface area contributed by atoms with Gasteiger partial charge in [-0.3, -0.25) is 4.79 Å². The highest BCUT2D eigenvalue weighted by atomic mass is 19.4. The smallest absolute Gasteiger partial charge is 0.417 e. The Bertz CT molecular complexity index is 738. The summed E-state index contributed by atoms with van der Waals surface area (Å²) in [4.78, 5) is 23.7. The maximum atomic E-state index is 12.7. The van der Waals surface area contributed by atoms with E-state index in [-0.39, 0.29) is 6.61 Å². The summed E-state index contributed by atoms with van der Waals surface area (Å²) in [5, 5.41) is 0. The quantitative estimate of drug-likeness (QED) is 0.811. The van der Waals surface area contributed by atoms with E-state index in [1.54, 1.807) is 30.3 Å². The molecule has 1 atom stereocenters. The molecule has 0 aliphatic rings. The van der Waals surface area contributed by atoms with E-state index < -0.39 is 29.3 Å². The monoisotopic (exact) mass is 325 g/mol. The predicted molar refractivity (Wildman–Crippen MR) is 76.7 cm³/mol. The Morgan fingerprint density at radius 3 is 2.43 bits per heavy atom. The fraction of sp³-hybridized carbons (Fsp3) is 0.250. The van der Waals surface area contributed by atoms with Crippen molar-refractivity contribution in [1.82, 2.24) is 4.57 Å². The van der Waals surface area contributed by atoms with E-state index >= 15 is 0 Å². The second-order valence-electron chi connectivity index (χ2n) is 4.93. The van der Waals surface area contributed by atoms with Crippen LogP contribution in [0.1, 0.15) is 24.1 Å². The average Bonchev–Trinajstić information content (AvgIpc) is 2.52. The maximum absolute atomic E-state index is 12.7. The number of esters is 1. The Labute approximate surface area is 130 Å². The summed E-state index contributed by atoms with van der Waals surface area (Å²) in [7, 11) is 0. The lowest BCUT2D eigenvalue weighted by atomic mass is 10.2. The van der Waals surface area contributed by atoms with Crippen molar-refractivity contribution in [3.05, 3.63) is 70.1 Å². The van der Waals surface area contributed by atoms with Crippen LogP contribution in [0.15, 0.2) is 53.5 Å². The Balaban J connectivity index is 2.14. The molecule has 0 bridgehead atoms. The number of pyridine rings is 1. The van der Waals surface area contributed by atoms with Gasteiger partial charge in [0.05, 0.1) is 5.56 Å². The molecule has 0 N–H and O–H groups in total. The van der Waals surface area contributed by atoms with Gasteiger partial charge in [-0.1, -0.05) is 30.3 Å². The lowest BCUT2D eigenvalue weighted by Gasteiger charge is -2.16. The zero-order chi connectivity index (χ0) is 17.0. The van der Waals surface area contributed by atoms with Gasteiger partial charge in [-0.25, -0.2) is 4.79 Å². The maximum Gasteiger partial charge on any atom is 0.417 e. The number of hydrogen-bond acceptors (Lipinski definition) is 3. The third-order valence-electron chi connectivity index (χ3n) is 3.25. The lowest BCUT2D eigenvalue weighted by Crippen LogP contribution is -2.29. The summed E-state index contributed by atoms with van der Waals surface area (Å²) < 4.78 is 43.9. The van der Waals surface area contributed by atoms with Crippen LogP contribution in [-0.4, -0.2) is 10.5 Å². The summed E-state index contributed by atoms with van der Waals surface area (Å²) in [6.45, 7) is 1.30. The van der Waals surface area contributed by atoms with Crippen LogP contribution in [-0.2, 0) is 22.3 Å². The SMILES string of the molecule is CC(C(=O)OCc1ccccc1)n1cc(C(F)(F)F)ccc1=O. The van der Waals surface area contributed by atoms with E-state index in [1.807, 2.05) is 0 Å². The van der Waals surface area contributed by atoms with Crippen molar-refractivity contribution in [2.24, 2.45) is 0 Å². The molecule has 0 saturated carbocycles. The van der Waals surface area contributed by atoms with Crippen molar-refractivity contribution >= 4 is 5.97 Å². The minimum atomic E-state index is -4.59. The fourth-order valence-corrected chi connectivity index (χ4v) is 1.94. The molecule has 23 heavy (non-hydrogen) atoms. The van der Waals surface area contributed by atoms with Gasteiger partial charge in [-0.2, -0.15) is 13.2 Å². The van der Waals surface area contributed by atoms with Crippen LogP contribution in [0.4, 0.5) is 13.2 Å². The number of carbonyl (C=O) groups excluding carboxylic acids is 1. The van der Waals surface area contributed by atoms with Crippen molar-refractivity contribution in [2.75, 3.05) is 0 Å². The van der Waals surface area contributed by atoms with E-state index in [0.717, 1.165) is 16.2 Å². The van der Waals surface area contributed by atoms with Crippen LogP contribution >= 0.6 is 0 Å². The van der Waals surface area contributed by atoms with Gasteiger partial charge < -0.3 is 9.30 Å². The number of hydrogen-bond donors (Lipinski definition) is 0. The van der Waals surface area contributed by atoms with E-state index in [4.69, 9.17) is 4.74 Å². The Morgan fingerprint density at radius 1 is 1.17 bits per heavy atom. The molecule has 1 unspecified atom stereocenters. The number of nitrogens with zero attached hydrogens (tertiary/aromatic N) is 1. The molecular formula is C16H14F3NO3. The molecule has 0 aliphatic carbocycles. The standard InChI is InChI=1S/C16H14F3NO3/c1-11(15(22)23-10-12-5-3-2-4-6-12)20-9-13(16(17,18)19)7-8-14(20)21/h2-9,11H,10H2,1H3. The third kappa shape index (κ3) is 4.21. The molecule has 0 saturated heterocycles. The highest BCUT2D eigenvalue weighted by Crippen LogP contribution is 2.28. The van der Waals surface area contributed by atoms with Crippen LogP contribution in [0.3, 0.4) is 0 Å². The van der Waals surface area contributed by atoms with Crippen LogP contribution in [0.5, 0.6) is 0 Å². The molecule has 0 spiro atoms. The minimum Gasteiger partial charge on any atom is -0.459 e. The van der Waals surface area contributed by atoms with E-state index in [2.05, 4.69) is 0 Å². The van der Waals surface area contributed by atoms with Gasteiger partial charge in [0.1, 0.15) is 12.6 Å². The van der Waals surface area contributed by atoms with Crippen molar-refractivity contribution < 1.29 is 22.7 Å². The Kier molecular flexibility index (Phi) is 4.88. The molecule has 0 aliphatic heterocycles. The molecule has 7 heteroatoms. The van der Waals surface area contributed by atoms with Crippen LogP contribution in [0, 0.1) is 0 Å². The molecule has 2 rings (SSSR count).